The molecule has 1 atom stereocenters. The van der Waals surface area contributed by atoms with E-state index in [4.69, 9.17) is 15.1 Å². The van der Waals surface area contributed by atoms with E-state index in [0.717, 1.165) is 0 Å². The van der Waals surface area contributed by atoms with E-state index in [1.807, 2.05) is 6.07 Å². The molecule has 0 amide bonds. The maximum absolute atomic E-state index is 11.1. The molecule has 0 fully saturated rings. The van der Waals surface area contributed by atoms with E-state index in [1.54, 1.807) is 0 Å². The van der Waals surface area contributed by atoms with Crippen molar-refractivity contribution in [3.63, 3.8) is 0 Å². The van der Waals surface area contributed by atoms with Gasteiger partial charge in [0.15, 0.2) is 0 Å². The van der Waals surface area contributed by atoms with E-state index >= 15 is 0 Å². The summed E-state index contributed by atoms with van der Waals surface area (Å²) in [6.07, 6.45) is 0.597. The molecule has 0 bridgehead atoms. The van der Waals surface area contributed by atoms with Gasteiger partial charge < -0.3 is 9.84 Å². The molecule has 14 heavy (non-hydrogen) atoms. The Hall–Kier alpha value is -1.57. The summed E-state index contributed by atoms with van der Waals surface area (Å²) in [5, 5.41) is 16.6. The van der Waals surface area contributed by atoms with Gasteiger partial charge in [0.1, 0.15) is 0 Å². The Balaban J connectivity index is 3.63. The Bertz CT molecular complexity index is 244. The standard InChI is InChI=1S/C9H13NO4/c1-7(6-8(11)12)9(13)14-5-3-2-4-10/h7H,2-3,5-6H2,1H3,(H,11,12). The van der Waals surface area contributed by atoms with Crippen molar-refractivity contribution in [2.75, 3.05) is 6.61 Å². The number of ether oxygens (including phenoxy) is 1. The largest absolute Gasteiger partial charge is 0.481 e. The van der Waals surface area contributed by atoms with Gasteiger partial charge in [-0.1, -0.05) is 6.92 Å². The predicted octanol–water partition coefficient (Wildman–Crippen LogP) is 0.944. The highest BCUT2D eigenvalue weighted by molar-refractivity contribution is 5.78. The van der Waals surface area contributed by atoms with Crippen LogP contribution in [0.25, 0.3) is 0 Å². The number of aliphatic carboxylic acids is 1. The van der Waals surface area contributed by atoms with Gasteiger partial charge in [-0.25, -0.2) is 0 Å². The van der Waals surface area contributed by atoms with Gasteiger partial charge in [0.25, 0.3) is 0 Å². The minimum atomic E-state index is -1.02. The second kappa shape index (κ2) is 6.89. The van der Waals surface area contributed by atoms with Crippen molar-refractivity contribution in [2.24, 2.45) is 5.92 Å². The van der Waals surface area contributed by atoms with Crippen LogP contribution in [0.4, 0.5) is 0 Å². The lowest BCUT2D eigenvalue weighted by Crippen LogP contribution is -2.18. The molecule has 0 aliphatic carbocycles. The fraction of sp³-hybridized carbons (Fsp3) is 0.667. The minimum absolute atomic E-state index is 0.177. The van der Waals surface area contributed by atoms with Gasteiger partial charge in [-0.15, -0.1) is 0 Å². The average Bonchev–Trinajstić information content (AvgIpc) is 2.11. The minimum Gasteiger partial charge on any atom is -0.481 e. The highest BCUT2D eigenvalue weighted by atomic mass is 16.5. The van der Waals surface area contributed by atoms with E-state index in [-0.39, 0.29) is 13.0 Å². The second-order valence-electron chi connectivity index (χ2n) is 2.93. The first-order chi connectivity index (χ1) is 6.57. The number of hydrogen-bond donors (Lipinski definition) is 1. The van der Waals surface area contributed by atoms with Crippen molar-refractivity contribution in [3.8, 4) is 6.07 Å². The molecule has 0 saturated heterocycles. The monoisotopic (exact) mass is 199 g/mol. The first-order valence-electron chi connectivity index (χ1n) is 4.33. The van der Waals surface area contributed by atoms with Crippen LogP contribution in [0.3, 0.4) is 0 Å². The van der Waals surface area contributed by atoms with Crippen LogP contribution in [0, 0.1) is 17.2 Å². The number of carboxylic acids is 1. The summed E-state index contributed by atoms with van der Waals surface area (Å²) in [5.41, 5.74) is 0. The van der Waals surface area contributed by atoms with Crippen LogP contribution in [0.1, 0.15) is 26.2 Å². The number of nitrogens with zero attached hydrogens (tertiary/aromatic N) is 1. The second-order valence-corrected chi connectivity index (χ2v) is 2.93. The van der Waals surface area contributed by atoms with Gasteiger partial charge in [0.05, 0.1) is 25.0 Å². The number of nitriles is 1. The Morgan fingerprint density at radius 1 is 1.57 bits per heavy atom. The van der Waals surface area contributed by atoms with Gasteiger partial charge in [0.2, 0.25) is 0 Å². The number of unbranched alkanes of at least 4 members (excludes halogenated alkanes) is 1. The third-order valence-corrected chi connectivity index (χ3v) is 1.56. The van der Waals surface area contributed by atoms with Crippen LogP contribution in [0.5, 0.6) is 0 Å². The van der Waals surface area contributed by atoms with Gasteiger partial charge in [0, 0.05) is 6.42 Å². The summed E-state index contributed by atoms with van der Waals surface area (Å²) >= 11 is 0. The molecule has 0 aromatic carbocycles. The van der Waals surface area contributed by atoms with E-state index in [2.05, 4.69) is 0 Å². The lowest BCUT2D eigenvalue weighted by molar-refractivity contribution is -0.152. The lowest BCUT2D eigenvalue weighted by Gasteiger charge is -2.08. The van der Waals surface area contributed by atoms with E-state index < -0.39 is 17.9 Å². The first-order valence-corrected chi connectivity index (χ1v) is 4.33. The summed E-state index contributed by atoms with van der Waals surface area (Å²) in [6, 6.07) is 1.92. The SMILES string of the molecule is CC(CC(=O)O)C(=O)OCCCC#N. The first kappa shape index (κ1) is 12.4. The van der Waals surface area contributed by atoms with Crippen molar-refractivity contribution in [3.05, 3.63) is 0 Å². The van der Waals surface area contributed by atoms with E-state index in [0.29, 0.717) is 12.8 Å². The number of carbonyl (C=O) groups is 2. The predicted molar refractivity (Wildman–Crippen MR) is 47.2 cm³/mol. The van der Waals surface area contributed by atoms with Gasteiger partial charge >= 0.3 is 11.9 Å². The molecule has 5 nitrogen and oxygen atoms in total. The molecule has 5 heteroatoms. The smallest absolute Gasteiger partial charge is 0.309 e. The molecule has 1 N–H and O–H groups in total. The fourth-order valence-electron chi connectivity index (χ4n) is 0.812. The maximum atomic E-state index is 11.1. The molecule has 0 aliphatic heterocycles. The highest BCUT2D eigenvalue weighted by Gasteiger charge is 2.17. The third-order valence-electron chi connectivity index (χ3n) is 1.56. The maximum Gasteiger partial charge on any atom is 0.309 e. The molecule has 1 unspecified atom stereocenters. The average molecular weight is 199 g/mol. The van der Waals surface area contributed by atoms with Crippen LogP contribution in [0.2, 0.25) is 0 Å². The van der Waals surface area contributed by atoms with Crippen LogP contribution in [0.15, 0.2) is 0 Å². The molecular weight excluding hydrogens is 186 g/mol. The Kier molecular flexibility index (Phi) is 6.12. The van der Waals surface area contributed by atoms with E-state index in [9.17, 15) is 9.59 Å². The van der Waals surface area contributed by atoms with Crippen LogP contribution in [-0.4, -0.2) is 23.7 Å². The fourth-order valence-corrected chi connectivity index (χ4v) is 0.812. The highest BCUT2D eigenvalue weighted by Crippen LogP contribution is 2.04. The van der Waals surface area contributed by atoms with Crippen molar-refractivity contribution in [2.45, 2.75) is 26.2 Å². The molecule has 0 heterocycles. The summed E-state index contributed by atoms with van der Waals surface area (Å²) in [6.45, 7) is 1.68. The van der Waals surface area contributed by atoms with E-state index in [1.165, 1.54) is 6.92 Å². The Morgan fingerprint density at radius 3 is 2.71 bits per heavy atom. The van der Waals surface area contributed by atoms with Crippen molar-refractivity contribution >= 4 is 11.9 Å². The Labute approximate surface area is 82.3 Å². The number of carboxylic acid groups (broad SMARTS) is 1. The zero-order valence-electron chi connectivity index (χ0n) is 8.02. The number of rotatable bonds is 6. The normalized spacial score (nSPS) is 11.4. The topological polar surface area (TPSA) is 87.4 Å². The summed E-state index contributed by atoms with van der Waals surface area (Å²) in [5.74, 6) is -2.17. The quantitative estimate of drug-likeness (QED) is 0.508. The van der Waals surface area contributed by atoms with Crippen molar-refractivity contribution in [1.82, 2.24) is 0 Å². The number of esters is 1. The van der Waals surface area contributed by atoms with Gasteiger partial charge in [-0.3, -0.25) is 9.59 Å². The molecule has 0 spiro atoms. The third kappa shape index (κ3) is 6.00. The molecule has 0 rings (SSSR count). The molecule has 78 valence electrons. The number of carbonyl (C=O) groups excluding carboxylic acids is 1. The molecule has 0 aromatic rings. The molecule has 0 saturated carbocycles. The summed E-state index contributed by atoms with van der Waals surface area (Å²) in [7, 11) is 0. The van der Waals surface area contributed by atoms with Crippen LogP contribution in [-0.2, 0) is 14.3 Å². The van der Waals surface area contributed by atoms with Crippen LogP contribution >= 0.6 is 0 Å². The molecule has 0 radical (unpaired) electrons. The number of hydrogen-bond acceptors (Lipinski definition) is 4. The van der Waals surface area contributed by atoms with Crippen molar-refractivity contribution in [1.29, 1.82) is 5.26 Å². The Morgan fingerprint density at radius 2 is 2.21 bits per heavy atom. The lowest BCUT2D eigenvalue weighted by atomic mass is 10.1. The molecule has 0 aromatic heterocycles. The van der Waals surface area contributed by atoms with Crippen molar-refractivity contribution < 1.29 is 19.4 Å². The van der Waals surface area contributed by atoms with Gasteiger partial charge in [-0.05, 0) is 6.42 Å². The van der Waals surface area contributed by atoms with Crippen LogP contribution < -0.4 is 0 Å². The summed E-state index contributed by atoms with van der Waals surface area (Å²) in [4.78, 5) is 21.3. The van der Waals surface area contributed by atoms with Gasteiger partial charge in [-0.2, -0.15) is 5.26 Å². The molecule has 0 aliphatic rings. The zero-order chi connectivity index (χ0) is 11.0. The zero-order valence-corrected chi connectivity index (χ0v) is 8.02. The molecular formula is C9H13NO4. The summed E-state index contributed by atoms with van der Waals surface area (Å²) < 4.78 is 4.75.